The van der Waals surface area contributed by atoms with E-state index in [9.17, 15) is 28.1 Å². The van der Waals surface area contributed by atoms with Crippen molar-refractivity contribution in [1.29, 1.82) is 5.26 Å². The molecule has 42 heavy (non-hydrogen) atoms. The van der Waals surface area contributed by atoms with E-state index in [4.69, 9.17) is 0 Å². The van der Waals surface area contributed by atoms with Gasteiger partial charge in [0.05, 0.1) is 41.6 Å². The van der Waals surface area contributed by atoms with Crippen molar-refractivity contribution < 1.29 is 22.8 Å². The van der Waals surface area contributed by atoms with Gasteiger partial charge in [0.1, 0.15) is 11.8 Å². The van der Waals surface area contributed by atoms with Crippen molar-refractivity contribution in [2.75, 3.05) is 28.9 Å². The van der Waals surface area contributed by atoms with Crippen LogP contribution in [0.25, 0.3) is 10.8 Å². The van der Waals surface area contributed by atoms with Gasteiger partial charge in [0.15, 0.2) is 9.84 Å². The molecule has 3 amide bonds. The number of hydrogen-bond acceptors (Lipinski definition) is 7. The predicted molar refractivity (Wildman–Crippen MR) is 163 cm³/mol. The van der Waals surface area contributed by atoms with Gasteiger partial charge in [0.2, 0.25) is 11.8 Å². The number of nitrogens with one attached hydrogen (secondary N) is 2. The Balaban J connectivity index is 1.95. The molecule has 1 heterocycles. The second-order valence-corrected chi connectivity index (χ2v) is 12.8. The Morgan fingerprint density at radius 2 is 1.81 bits per heavy atom. The highest BCUT2D eigenvalue weighted by atomic mass is 32.2. The summed E-state index contributed by atoms with van der Waals surface area (Å²) in [6.45, 7) is 5.49. The molecule has 0 saturated heterocycles. The molecule has 0 saturated carbocycles. The van der Waals surface area contributed by atoms with Crippen molar-refractivity contribution in [3.05, 3.63) is 71.3 Å². The number of fused-ring (bicyclic) bond motifs is 2. The fourth-order valence-corrected chi connectivity index (χ4v) is 6.05. The van der Waals surface area contributed by atoms with E-state index in [2.05, 4.69) is 16.7 Å². The molecule has 1 unspecified atom stereocenters. The van der Waals surface area contributed by atoms with Crippen molar-refractivity contribution in [2.24, 2.45) is 0 Å². The number of anilines is 2. The Labute approximate surface area is 246 Å². The van der Waals surface area contributed by atoms with Crippen LogP contribution in [0.15, 0.2) is 54.6 Å². The van der Waals surface area contributed by atoms with Crippen LogP contribution in [0.3, 0.4) is 0 Å². The third-order valence-electron chi connectivity index (χ3n) is 7.69. The van der Waals surface area contributed by atoms with Crippen molar-refractivity contribution in [3.8, 4) is 6.07 Å². The number of carbonyl (C=O) groups is 3. The minimum Gasteiger partial charge on any atom is -0.341 e. The monoisotopic (exact) mass is 589 g/mol. The lowest BCUT2D eigenvalue weighted by molar-refractivity contribution is -0.129. The molecule has 0 aliphatic carbocycles. The topological polar surface area (TPSA) is 140 Å². The van der Waals surface area contributed by atoms with Crippen LogP contribution in [0, 0.1) is 18.3 Å². The van der Waals surface area contributed by atoms with Crippen molar-refractivity contribution in [3.63, 3.8) is 0 Å². The quantitative estimate of drug-likeness (QED) is 0.412. The molecule has 11 heteroatoms. The molecule has 1 aliphatic rings. The molecule has 0 radical (unpaired) electrons. The van der Waals surface area contributed by atoms with Crippen LogP contribution < -0.4 is 20.4 Å². The number of nitrogens with zero attached hydrogens (tertiary/aromatic N) is 3. The first-order valence-electron chi connectivity index (χ1n) is 13.7. The maximum absolute atomic E-state index is 14.5. The van der Waals surface area contributed by atoms with Gasteiger partial charge >= 0.3 is 0 Å². The molecular weight excluding hydrogens is 554 g/mol. The number of amides is 3. The van der Waals surface area contributed by atoms with E-state index in [1.807, 2.05) is 50.2 Å². The highest BCUT2D eigenvalue weighted by molar-refractivity contribution is 7.91. The summed E-state index contributed by atoms with van der Waals surface area (Å²) in [4.78, 5) is 44.1. The maximum Gasteiger partial charge on any atom is 0.252 e. The third kappa shape index (κ3) is 6.15. The summed E-state index contributed by atoms with van der Waals surface area (Å²) in [5.74, 6) is -2.46. The van der Waals surface area contributed by atoms with E-state index < -0.39 is 51.4 Å². The summed E-state index contributed by atoms with van der Waals surface area (Å²) in [7, 11) is -2.10. The number of likely N-dealkylation sites (N-methyl/N-ethyl adjacent to an activating group) is 1. The summed E-state index contributed by atoms with van der Waals surface area (Å²) in [6.07, 6.45) is 1.41. The molecule has 2 N–H and O–H groups in total. The Morgan fingerprint density at radius 1 is 1.10 bits per heavy atom. The van der Waals surface area contributed by atoms with Gasteiger partial charge in [0.25, 0.3) is 5.91 Å². The van der Waals surface area contributed by atoms with Gasteiger partial charge in [-0.2, -0.15) is 5.26 Å². The van der Waals surface area contributed by atoms with Crippen LogP contribution in [0.5, 0.6) is 0 Å². The minimum atomic E-state index is -3.75. The van der Waals surface area contributed by atoms with Crippen LogP contribution >= 0.6 is 0 Å². The molecule has 0 bridgehead atoms. The first kappa shape index (κ1) is 30.7. The van der Waals surface area contributed by atoms with Gasteiger partial charge in [-0.3, -0.25) is 14.4 Å². The molecule has 4 rings (SSSR count). The SMILES string of the molecule is CCC(NC)C(=O)N[C@@H]1C(=O)N(Cc2c(C)ccc3ccccc23)c2ccc(C#N)cc2N(C(=O)CS(C)(=O)=O)[C@H]1C. The van der Waals surface area contributed by atoms with Gasteiger partial charge in [-0.25, -0.2) is 8.42 Å². The van der Waals surface area contributed by atoms with Crippen LogP contribution in [0.4, 0.5) is 11.4 Å². The van der Waals surface area contributed by atoms with E-state index in [-0.39, 0.29) is 17.8 Å². The normalized spacial score (nSPS) is 17.8. The molecule has 3 aromatic rings. The lowest BCUT2D eigenvalue weighted by atomic mass is 9.98. The molecule has 3 aromatic carbocycles. The Kier molecular flexibility index (Phi) is 8.99. The molecule has 0 spiro atoms. The summed E-state index contributed by atoms with van der Waals surface area (Å²) >= 11 is 0. The second-order valence-electron chi connectivity index (χ2n) is 10.6. The number of hydrogen-bond donors (Lipinski definition) is 2. The third-order valence-corrected chi connectivity index (χ3v) is 8.46. The zero-order valence-electron chi connectivity index (χ0n) is 24.3. The molecular formula is C31H35N5O5S. The van der Waals surface area contributed by atoms with Crippen LogP contribution in [-0.2, 0) is 30.8 Å². The van der Waals surface area contributed by atoms with Crippen LogP contribution in [0.2, 0.25) is 0 Å². The van der Waals surface area contributed by atoms with E-state index >= 15 is 0 Å². The number of aryl methyl sites for hydroxylation is 1. The molecule has 0 fully saturated rings. The molecule has 0 aromatic heterocycles. The fourth-order valence-electron chi connectivity index (χ4n) is 5.46. The smallest absolute Gasteiger partial charge is 0.252 e. The number of sulfone groups is 1. The van der Waals surface area contributed by atoms with Crippen molar-refractivity contribution >= 4 is 49.7 Å². The fraction of sp³-hybridized carbons (Fsp3) is 0.355. The average molecular weight is 590 g/mol. The Morgan fingerprint density at radius 3 is 2.45 bits per heavy atom. The molecule has 3 atom stereocenters. The van der Waals surface area contributed by atoms with Crippen LogP contribution in [0.1, 0.15) is 37.0 Å². The van der Waals surface area contributed by atoms with E-state index in [1.54, 1.807) is 26.1 Å². The highest BCUT2D eigenvalue weighted by Gasteiger charge is 2.43. The zero-order valence-corrected chi connectivity index (χ0v) is 25.2. The van der Waals surface area contributed by atoms with Crippen molar-refractivity contribution in [2.45, 2.75) is 51.9 Å². The number of rotatable bonds is 8. The highest BCUT2D eigenvalue weighted by Crippen LogP contribution is 2.38. The Bertz CT molecular complexity index is 1690. The summed E-state index contributed by atoms with van der Waals surface area (Å²) in [6, 6.07) is 15.7. The number of nitriles is 1. The first-order chi connectivity index (χ1) is 19.9. The second kappa shape index (κ2) is 12.3. The summed E-state index contributed by atoms with van der Waals surface area (Å²) in [5, 5.41) is 17.4. The molecule has 220 valence electrons. The number of benzene rings is 3. The predicted octanol–water partition coefficient (Wildman–Crippen LogP) is 2.82. The van der Waals surface area contributed by atoms with E-state index in [0.717, 1.165) is 28.2 Å². The minimum absolute atomic E-state index is 0.112. The lowest BCUT2D eigenvalue weighted by Gasteiger charge is -2.33. The van der Waals surface area contributed by atoms with Gasteiger partial charge < -0.3 is 20.4 Å². The van der Waals surface area contributed by atoms with Crippen LogP contribution in [-0.4, -0.2) is 63.3 Å². The molecule has 1 aliphatic heterocycles. The van der Waals surface area contributed by atoms with Crippen molar-refractivity contribution in [1.82, 2.24) is 10.6 Å². The maximum atomic E-state index is 14.5. The van der Waals surface area contributed by atoms with Gasteiger partial charge in [-0.05, 0) is 67.4 Å². The molecule has 10 nitrogen and oxygen atoms in total. The number of carbonyl (C=O) groups excluding carboxylic acids is 3. The summed E-state index contributed by atoms with van der Waals surface area (Å²) in [5.41, 5.74) is 2.61. The Hall–Kier alpha value is -4.27. The zero-order chi connectivity index (χ0) is 30.8. The largest absolute Gasteiger partial charge is 0.341 e. The standard InChI is InChI=1S/C31H35N5O5S/c1-6-25(33-4)30(38)34-29-20(3)36(28(37)18-42(5,40)41)27-15-21(16-32)12-14-26(27)35(31(29)39)17-24-19(2)11-13-22-9-7-8-10-23(22)24/h7-15,20,25,29,33H,6,17-18H2,1-5H3,(H,34,38)/t20-,25?,29-/m0/s1. The lowest BCUT2D eigenvalue weighted by Crippen LogP contribution is -2.60. The average Bonchev–Trinajstić information content (AvgIpc) is 3.02. The first-order valence-corrected chi connectivity index (χ1v) is 15.8. The van der Waals surface area contributed by atoms with Gasteiger partial charge in [-0.1, -0.05) is 43.3 Å². The van der Waals surface area contributed by atoms with Gasteiger partial charge in [-0.15, -0.1) is 0 Å². The van der Waals surface area contributed by atoms with E-state index in [0.29, 0.717) is 12.1 Å². The summed E-state index contributed by atoms with van der Waals surface area (Å²) < 4.78 is 24.4. The van der Waals surface area contributed by atoms with E-state index in [1.165, 1.54) is 15.9 Å². The van der Waals surface area contributed by atoms with Gasteiger partial charge in [0, 0.05) is 6.26 Å².